The SMILES string of the molecule is COc1cnc2c(-c3nc4cc(F)c(OCCOC(=O)Nc5cnc(CCCO)nc5)nc4s3)cc(C)cc2n1. The van der Waals surface area contributed by atoms with Crippen LogP contribution in [0, 0.1) is 12.7 Å². The van der Waals surface area contributed by atoms with Crippen molar-refractivity contribution in [1.29, 1.82) is 0 Å². The van der Waals surface area contributed by atoms with Crippen LogP contribution in [0.5, 0.6) is 11.8 Å². The Morgan fingerprint density at radius 3 is 2.65 bits per heavy atom. The molecule has 0 radical (unpaired) electrons. The number of hydrogen-bond acceptors (Lipinski definition) is 12. The molecule has 0 aliphatic heterocycles. The van der Waals surface area contributed by atoms with Gasteiger partial charge in [-0.3, -0.25) is 5.32 Å². The fraction of sp³-hybridized carbons (Fsp3) is 0.269. The molecule has 4 aromatic heterocycles. The minimum Gasteiger partial charge on any atom is -0.480 e. The van der Waals surface area contributed by atoms with E-state index in [4.69, 9.17) is 19.3 Å². The van der Waals surface area contributed by atoms with Crippen LogP contribution in [-0.4, -0.2) is 68.0 Å². The first-order valence-electron chi connectivity index (χ1n) is 12.2. The highest BCUT2D eigenvalue weighted by molar-refractivity contribution is 7.21. The van der Waals surface area contributed by atoms with E-state index in [9.17, 15) is 9.18 Å². The zero-order valence-corrected chi connectivity index (χ0v) is 22.4. The number of methoxy groups -OCH3 is 1. The minimum absolute atomic E-state index is 0.0487. The molecule has 0 bridgehead atoms. The number of nitrogens with zero attached hydrogens (tertiary/aromatic N) is 6. The number of nitrogens with one attached hydrogen (secondary N) is 1. The van der Waals surface area contributed by atoms with Crippen molar-refractivity contribution in [2.45, 2.75) is 19.8 Å². The standard InChI is InChI=1S/C26H24FN7O5S/c1-14-8-16(22-18(9-14)32-21(37-2)13-30-22)24-33-19-10-17(27)23(34-25(19)40-24)38-6-7-39-26(36)31-15-11-28-20(29-12-15)4-3-5-35/h8-13,35H,3-7H2,1-2H3,(H,31,36). The number of thiazole rings is 1. The molecule has 0 spiro atoms. The molecule has 4 heterocycles. The summed E-state index contributed by atoms with van der Waals surface area (Å²) in [4.78, 5) is 38.5. The summed E-state index contributed by atoms with van der Waals surface area (Å²) < 4.78 is 30.4. The first kappa shape index (κ1) is 27.0. The molecule has 206 valence electrons. The summed E-state index contributed by atoms with van der Waals surface area (Å²) in [6.45, 7) is 1.72. The van der Waals surface area contributed by atoms with Crippen LogP contribution in [0.25, 0.3) is 32.0 Å². The second-order valence-electron chi connectivity index (χ2n) is 8.54. The predicted octanol–water partition coefficient (Wildman–Crippen LogP) is 4.10. The summed E-state index contributed by atoms with van der Waals surface area (Å²) >= 11 is 1.27. The van der Waals surface area contributed by atoms with Crippen LogP contribution < -0.4 is 14.8 Å². The monoisotopic (exact) mass is 565 g/mol. The fourth-order valence-electron chi connectivity index (χ4n) is 3.76. The molecule has 12 nitrogen and oxygen atoms in total. The van der Waals surface area contributed by atoms with E-state index in [0.717, 1.165) is 11.1 Å². The summed E-state index contributed by atoms with van der Waals surface area (Å²) in [5.74, 6) is 0.0453. The Hall–Kier alpha value is -4.56. The number of hydrogen-bond donors (Lipinski definition) is 2. The number of rotatable bonds is 10. The van der Waals surface area contributed by atoms with Crippen LogP contribution in [0.15, 0.2) is 36.8 Å². The Balaban J connectivity index is 1.22. The van der Waals surface area contributed by atoms with Gasteiger partial charge in [-0.1, -0.05) is 11.3 Å². The molecular weight excluding hydrogens is 541 g/mol. The molecule has 1 amide bonds. The molecule has 1 aromatic carbocycles. The van der Waals surface area contributed by atoms with Crippen LogP contribution in [-0.2, 0) is 11.2 Å². The highest BCUT2D eigenvalue weighted by Gasteiger charge is 2.17. The van der Waals surface area contributed by atoms with Crippen LogP contribution in [0.1, 0.15) is 17.8 Å². The third-order valence-electron chi connectivity index (χ3n) is 5.58. The number of aliphatic hydroxyl groups is 1. The van der Waals surface area contributed by atoms with Crippen molar-refractivity contribution < 1.29 is 28.5 Å². The fourth-order valence-corrected chi connectivity index (χ4v) is 4.69. The molecule has 14 heteroatoms. The van der Waals surface area contributed by atoms with Crippen LogP contribution >= 0.6 is 11.3 Å². The van der Waals surface area contributed by atoms with Crippen molar-refractivity contribution in [2.24, 2.45) is 0 Å². The number of ether oxygens (including phenoxy) is 3. The van der Waals surface area contributed by atoms with E-state index < -0.39 is 11.9 Å². The normalized spacial score (nSPS) is 11.1. The van der Waals surface area contributed by atoms with Gasteiger partial charge in [0.2, 0.25) is 5.88 Å². The lowest BCUT2D eigenvalue weighted by Crippen LogP contribution is -2.18. The number of carbonyl (C=O) groups is 1. The number of aryl methyl sites for hydroxylation is 2. The second-order valence-corrected chi connectivity index (χ2v) is 9.51. The number of fused-ring (bicyclic) bond motifs is 2. The minimum atomic E-state index is -0.739. The quantitative estimate of drug-likeness (QED) is 0.235. The van der Waals surface area contributed by atoms with Gasteiger partial charge in [0.1, 0.15) is 34.4 Å². The second kappa shape index (κ2) is 12.1. The summed E-state index contributed by atoms with van der Waals surface area (Å²) in [7, 11) is 1.53. The average molecular weight is 566 g/mol. The topological polar surface area (TPSA) is 154 Å². The van der Waals surface area contributed by atoms with Gasteiger partial charge < -0.3 is 19.3 Å². The Bertz CT molecular complexity index is 1670. The van der Waals surface area contributed by atoms with Crippen molar-refractivity contribution in [1.82, 2.24) is 29.9 Å². The average Bonchev–Trinajstić information content (AvgIpc) is 3.36. The predicted molar refractivity (Wildman–Crippen MR) is 145 cm³/mol. The lowest BCUT2D eigenvalue weighted by Gasteiger charge is -2.08. The molecule has 5 rings (SSSR count). The van der Waals surface area contributed by atoms with Gasteiger partial charge >= 0.3 is 6.09 Å². The number of aromatic nitrogens is 6. The number of anilines is 1. The molecule has 0 saturated carbocycles. The van der Waals surface area contributed by atoms with Crippen LogP contribution in [0.2, 0.25) is 0 Å². The molecular formula is C26H24FN7O5S. The van der Waals surface area contributed by atoms with Crippen molar-refractivity contribution in [2.75, 3.05) is 32.2 Å². The zero-order valence-electron chi connectivity index (χ0n) is 21.5. The maximum Gasteiger partial charge on any atom is 0.411 e. The lowest BCUT2D eigenvalue weighted by atomic mass is 10.1. The third-order valence-corrected chi connectivity index (χ3v) is 6.58. The Kier molecular flexibility index (Phi) is 8.17. The van der Waals surface area contributed by atoms with Crippen molar-refractivity contribution in [3.05, 3.63) is 54.0 Å². The molecule has 0 aliphatic carbocycles. The van der Waals surface area contributed by atoms with E-state index >= 15 is 0 Å². The molecule has 40 heavy (non-hydrogen) atoms. The van der Waals surface area contributed by atoms with Gasteiger partial charge in [0.15, 0.2) is 5.82 Å². The van der Waals surface area contributed by atoms with Gasteiger partial charge in [-0.2, -0.15) is 4.98 Å². The number of aliphatic hydroxyl groups excluding tert-OH is 1. The maximum absolute atomic E-state index is 14.7. The van der Waals surface area contributed by atoms with Crippen molar-refractivity contribution in [3.63, 3.8) is 0 Å². The maximum atomic E-state index is 14.7. The Labute approximate surface area is 231 Å². The number of halogens is 1. The van der Waals surface area contributed by atoms with E-state index in [0.29, 0.717) is 56.6 Å². The van der Waals surface area contributed by atoms with Gasteiger partial charge in [0, 0.05) is 24.7 Å². The molecule has 0 aliphatic rings. The van der Waals surface area contributed by atoms with Gasteiger partial charge in [0.05, 0.1) is 42.4 Å². The highest BCUT2D eigenvalue weighted by atomic mass is 32.1. The van der Waals surface area contributed by atoms with Gasteiger partial charge in [-0.25, -0.2) is 34.1 Å². The molecule has 0 saturated heterocycles. The Morgan fingerprint density at radius 1 is 1.05 bits per heavy atom. The third kappa shape index (κ3) is 6.18. The van der Waals surface area contributed by atoms with E-state index in [1.165, 1.54) is 43.1 Å². The Morgan fingerprint density at radius 2 is 1.88 bits per heavy atom. The summed E-state index contributed by atoms with van der Waals surface area (Å²) in [6.07, 6.45) is 4.76. The zero-order chi connectivity index (χ0) is 28.1. The van der Waals surface area contributed by atoms with E-state index in [-0.39, 0.29) is 25.7 Å². The van der Waals surface area contributed by atoms with Gasteiger partial charge in [-0.15, -0.1) is 0 Å². The van der Waals surface area contributed by atoms with Crippen LogP contribution in [0.3, 0.4) is 0 Å². The summed E-state index contributed by atoms with van der Waals surface area (Å²) in [6, 6.07) is 5.09. The van der Waals surface area contributed by atoms with Crippen LogP contribution in [0.4, 0.5) is 14.9 Å². The van der Waals surface area contributed by atoms with E-state index in [1.54, 1.807) is 0 Å². The smallest absolute Gasteiger partial charge is 0.411 e. The van der Waals surface area contributed by atoms with Gasteiger partial charge in [-0.05, 0) is 31.0 Å². The molecule has 2 N–H and O–H groups in total. The largest absolute Gasteiger partial charge is 0.480 e. The molecule has 0 unspecified atom stereocenters. The van der Waals surface area contributed by atoms with Crippen molar-refractivity contribution in [3.8, 4) is 22.3 Å². The first-order valence-corrected chi connectivity index (χ1v) is 13.0. The lowest BCUT2D eigenvalue weighted by molar-refractivity contribution is 0.135. The number of benzene rings is 1. The van der Waals surface area contributed by atoms with Crippen molar-refractivity contribution >= 4 is 44.5 Å². The molecule has 5 aromatic rings. The highest BCUT2D eigenvalue weighted by Crippen LogP contribution is 2.35. The summed E-state index contributed by atoms with van der Waals surface area (Å²) in [5, 5.41) is 12.0. The number of pyridine rings is 1. The number of amides is 1. The first-order chi connectivity index (χ1) is 19.4. The van der Waals surface area contributed by atoms with E-state index in [1.807, 2.05) is 19.1 Å². The van der Waals surface area contributed by atoms with Gasteiger partial charge in [0.25, 0.3) is 5.88 Å². The molecule has 0 fully saturated rings. The summed E-state index contributed by atoms with van der Waals surface area (Å²) in [5.41, 5.74) is 3.73. The molecule has 0 atom stereocenters. The number of carbonyl (C=O) groups excluding carboxylic acids is 1. The van der Waals surface area contributed by atoms with E-state index in [2.05, 4.69) is 35.2 Å².